The molecule has 7 rings (SSSR count). The molecule has 3 fully saturated rings. The number of thiophene rings is 2. The number of carbonyl (C=O) groups excluding carboxylic acids is 4. The number of rotatable bonds is 5. The molecule has 1 N–H and O–H groups in total. The van der Waals surface area contributed by atoms with Gasteiger partial charge in [-0.05, 0) is 54.1 Å². The Labute approximate surface area is 239 Å². The normalized spacial score (nSPS) is 29.5. The molecule has 1 aromatic carbocycles. The molecule has 2 aliphatic carbocycles. The molecule has 2 aliphatic heterocycles. The molecular weight excluding hydrogens is 544 g/mol. The summed E-state index contributed by atoms with van der Waals surface area (Å²) in [6.45, 7) is 2.29. The zero-order valence-electron chi connectivity index (χ0n) is 21.9. The van der Waals surface area contributed by atoms with Gasteiger partial charge in [0.05, 0.1) is 36.8 Å². The van der Waals surface area contributed by atoms with Crippen molar-refractivity contribution in [1.82, 2.24) is 9.80 Å². The fourth-order valence-corrected chi connectivity index (χ4v) is 8.81. The standard InChI is InChI=1S/C31H28N2O5S2/c1-16-5-2-8-20(27(16)34)24-19-9-10-21-25(30(37)32(28(21)35)14-17-6-3-11-39-17)22(19)13-23-26(24)31(38)33(29(23)36)15-18-7-4-12-40-18/h2-9,11-12,21-26,34H,10,13-15H2,1H3. The molecule has 2 saturated heterocycles. The Hall–Kier alpha value is -3.56. The number of allylic oxidation sites excluding steroid dienone is 2. The van der Waals surface area contributed by atoms with Crippen molar-refractivity contribution >= 4 is 46.3 Å². The fraction of sp³-hybridized carbons (Fsp3) is 0.355. The number of para-hydroxylation sites is 1. The van der Waals surface area contributed by atoms with E-state index in [1.807, 2.05) is 66.2 Å². The molecule has 0 radical (unpaired) electrons. The number of carbonyl (C=O) groups is 4. The second-order valence-corrected chi connectivity index (χ2v) is 13.3. The van der Waals surface area contributed by atoms with Gasteiger partial charge in [0.1, 0.15) is 5.75 Å². The van der Waals surface area contributed by atoms with E-state index in [4.69, 9.17) is 0 Å². The Morgan fingerprint density at radius 1 is 0.775 bits per heavy atom. The quantitative estimate of drug-likeness (QED) is 0.348. The number of aromatic hydroxyl groups is 1. The minimum atomic E-state index is -0.659. The van der Waals surface area contributed by atoms with Gasteiger partial charge in [-0.1, -0.05) is 42.0 Å². The molecule has 4 amide bonds. The first-order valence-corrected chi connectivity index (χ1v) is 15.3. The maximum atomic E-state index is 14.0. The SMILES string of the molecule is Cc1cccc(C2C3=CCC4C(=O)N(Cc5cccs5)C(=O)C4C3CC3C(=O)N(Cc4cccs4)C(=O)C32)c1O. The topological polar surface area (TPSA) is 95.0 Å². The third-order valence-corrected chi connectivity index (χ3v) is 10.9. The van der Waals surface area contributed by atoms with Crippen LogP contribution in [0.3, 0.4) is 0 Å². The second kappa shape index (κ2) is 9.52. The first-order chi connectivity index (χ1) is 19.3. The van der Waals surface area contributed by atoms with E-state index in [-0.39, 0.29) is 48.4 Å². The van der Waals surface area contributed by atoms with Gasteiger partial charge in [0.15, 0.2) is 0 Å². The molecule has 0 spiro atoms. The van der Waals surface area contributed by atoms with E-state index in [1.54, 1.807) is 0 Å². The van der Waals surface area contributed by atoms with Crippen LogP contribution < -0.4 is 0 Å². The van der Waals surface area contributed by atoms with Gasteiger partial charge in [0, 0.05) is 21.2 Å². The molecule has 40 heavy (non-hydrogen) atoms. The average Bonchev–Trinajstić information content (AvgIpc) is 3.74. The summed E-state index contributed by atoms with van der Waals surface area (Å²) in [6, 6.07) is 13.1. The summed E-state index contributed by atoms with van der Waals surface area (Å²) in [7, 11) is 0. The van der Waals surface area contributed by atoms with E-state index in [1.165, 1.54) is 32.5 Å². The van der Waals surface area contributed by atoms with E-state index < -0.39 is 29.6 Å². The summed E-state index contributed by atoms with van der Waals surface area (Å²) < 4.78 is 0. The van der Waals surface area contributed by atoms with Crippen molar-refractivity contribution < 1.29 is 24.3 Å². The minimum absolute atomic E-state index is 0.111. The summed E-state index contributed by atoms with van der Waals surface area (Å²) >= 11 is 3.01. The zero-order chi connectivity index (χ0) is 27.7. The van der Waals surface area contributed by atoms with Crippen molar-refractivity contribution in [3.8, 4) is 5.75 Å². The maximum Gasteiger partial charge on any atom is 0.234 e. The molecule has 204 valence electrons. The predicted octanol–water partition coefficient (Wildman–Crippen LogP) is 4.86. The van der Waals surface area contributed by atoms with Crippen LogP contribution in [0.5, 0.6) is 5.75 Å². The Bertz CT molecular complexity index is 1560. The Morgan fingerprint density at radius 2 is 1.40 bits per heavy atom. The van der Waals surface area contributed by atoms with Crippen LogP contribution in [0.25, 0.3) is 0 Å². The molecule has 3 aromatic rings. The van der Waals surface area contributed by atoms with E-state index in [9.17, 15) is 24.3 Å². The highest BCUT2D eigenvalue weighted by atomic mass is 32.1. The van der Waals surface area contributed by atoms with E-state index in [0.29, 0.717) is 24.0 Å². The third-order valence-electron chi connectivity index (χ3n) is 9.22. The summed E-state index contributed by atoms with van der Waals surface area (Å²) in [5.41, 5.74) is 2.20. The van der Waals surface area contributed by atoms with Crippen LogP contribution in [-0.4, -0.2) is 38.5 Å². The second-order valence-electron chi connectivity index (χ2n) is 11.2. The van der Waals surface area contributed by atoms with Crippen LogP contribution in [0.4, 0.5) is 0 Å². The van der Waals surface area contributed by atoms with Crippen molar-refractivity contribution in [3.05, 3.63) is 85.8 Å². The third kappa shape index (κ3) is 3.74. The van der Waals surface area contributed by atoms with Gasteiger partial charge in [-0.2, -0.15) is 0 Å². The lowest BCUT2D eigenvalue weighted by molar-refractivity contribution is -0.142. The number of aryl methyl sites for hydroxylation is 1. The molecule has 1 saturated carbocycles. The number of benzene rings is 1. The number of fused-ring (bicyclic) bond motifs is 4. The number of nitrogens with zero attached hydrogens (tertiary/aromatic N) is 2. The van der Waals surface area contributed by atoms with Crippen molar-refractivity contribution in [1.29, 1.82) is 0 Å². The van der Waals surface area contributed by atoms with Crippen LogP contribution in [0, 0.1) is 36.5 Å². The fourth-order valence-electron chi connectivity index (χ4n) is 7.43. The van der Waals surface area contributed by atoms with Crippen molar-refractivity contribution in [3.63, 3.8) is 0 Å². The lowest BCUT2D eigenvalue weighted by Crippen LogP contribution is -2.43. The van der Waals surface area contributed by atoms with Crippen LogP contribution >= 0.6 is 22.7 Å². The lowest BCUT2D eigenvalue weighted by Gasteiger charge is -2.44. The number of hydrogen-bond acceptors (Lipinski definition) is 7. The summed E-state index contributed by atoms with van der Waals surface area (Å²) in [5, 5.41) is 15.0. The smallest absolute Gasteiger partial charge is 0.234 e. The van der Waals surface area contributed by atoms with Crippen molar-refractivity contribution in [2.24, 2.45) is 29.6 Å². The number of hydrogen-bond donors (Lipinski definition) is 1. The monoisotopic (exact) mass is 572 g/mol. The van der Waals surface area contributed by atoms with E-state index >= 15 is 0 Å². The molecule has 2 aromatic heterocycles. The number of likely N-dealkylation sites (tertiary alicyclic amines) is 2. The number of phenols is 1. The Kier molecular flexibility index (Phi) is 6.05. The predicted molar refractivity (Wildman–Crippen MR) is 150 cm³/mol. The molecule has 0 bridgehead atoms. The maximum absolute atomic E-state index is 14.0. The van der Waals surface area contributed by atoms with Gasteiger partial charge in [0.25, 0.3) is 0 Å². The highest BCUT2D eigenvalue weighted by Gasteiger charge is 2.62. The van der Waals surface area contributed by atoms with E-state index in [0.717, 1.165) is 15.3 Å². The molecule has 9 heteroatoms. The van der Waals surface area contributed by atoms with Crippen LogP contribution in [0.15, 0.2) is 64.9 Å². The van der Waals surface area contributed by atoms with E-state index in [2.05, 4.69) is 0 Å². The zero-order valence-corrected chi connectivity index (χ0v) is 23.5. The molecular formula is C31H28N2O5S2. The molecule has 6 unspecified atom stereocenters. The molecule has 7 nitrogen and oxygen atoms in total. The first-order valence-electron chi connectivity index (χ1n) is 13.6. The van der Waals surface area contributed by atoms with Crippen LogP contribution in [0.1, 0.15) is 39.6 Å². The minimum Gasteiger partial charge on any atom is -0.507 e. The number of phenolic OH excluding ortho intramolecular Hbond substituents is 1. The van der Waals surface area contributed by atoms with Gasteiger partial charge in [-0.15, -0.1) is 22.7 Å². The first kappa shape index (κ1) is 25.4. The van der Waals surface area contributed by atoms with Crippen molar-refractivity contribution in [2.45, 2.75) is 38.8 Å². The van der Waals surface area contributed by atoms with Gasteiger partial charge in [-0.25, -0.2) is 0 Å². The Balaban J connectivity index is 1.30. The average molecular weight is 573 g/mol. The van der Waals surface area contributed by atoms with Gasteiger partial charge in [-0.3, -0.25) is 29.0 Å². The van der Waals surface area contributed by atoms with Crippen LogP contribution in [0.2, 0.25) is 0 Å². The van der Waals surface area contributed by atoms with Gasteiger partial charge in [0.2, 0.25) is 23.6 Å². The summed E-state index contributed by atoms with van der Waals surface area (Å²) in [5.74, 6) is -3.92. The summed E-state index contributed by atoms with van der Waals surface area (Å²) in [4.78, 5) is 59.8. The molecule has 4 aliphatic rings. The van der Waals surface area contributed by atoms with Gasteiger partial charge >= 0.3 is 0 Å². The number of amides is 4. The summed E-state index contributed by atoms with van der Waals surface area (Å²) in [6.07, 6.45) is 2.77. The molecule has 6 atom stereocenters. The van der Waals surface area contributed by atoms with Crippen LogP contribution in [-0.2, 0) is 32.3 Å². The Morgan fingerprint density at radius 3 is 2.02 bits per heavy atom. The largest absolute Gasteiger partial charge is 0.507 e. The highest BCUT2D eigenvalue weighted by Crippen LogP contribution is 2.59. The van der Waals surface area contributed by atoms with Gasteiger partial charge < -0.3 is 5.11 Å². The molecule has 4 heterocycles. The number of imide groups is 2. The lowest BCUT2D eigenvalue weighted by atomic mass is 9.57. The van der Waals surface area contributed by atoms with Crippen molar-refractivity contribution in [2.75, 3.05) is 0 Å². The highest BCUT2D eigenvalue weighted by molar-refractivity contribution is 7.10.